The van der Waals surface area contributed by atoms with Crippen LogP contribution in [0.15, 0.2) is 36.2 Å². The molecule has 2 rings (SSSR count). The first-order valence-electron chi connectivity index (χ1n) is 14.2. The van der Waals surface area contributed by atoms with Gasteiger partial charge in [-0.15, -0.1) is 0 Å². The minimum Gasteiger partial charge on any atom is -0.481 e. The number of aromatic nitrogens is 2. The fraction of sp³-hybridized carbons (Fsp3) is 0.700. The first kappa shape index (κ1) is 31.7. The Hall–Kier alpha value is -2.37. The van der Waals surface area contributed by atoms with E-state index in [2.05, 4.69) is 16.9 Å². The van der Waals surface area contributed by atoms with E-state index in [4.69, 9.17) is 10.2 Å². The Morgan fingerprint density at radius 3 is 1.78 bits per heavy atom. The number of aromatic amines is 1. The number of H-pyrrole nitrogens is 1. The van der Waals surface area contributed by atoms with Gasteiger partial charge >= 0.3 is 11.9 Å². The molecular weight excluding hydrogens is 452 g/mol. The van der Waals surface area contributed by atoms with Gasteiger partial charge in [0.1, 0.15) is 5.82 Å². The van der Waals surface area contributed by atoms with Crippen molar-refractivity contribution in [2.45, 2.75) is 129 Å². The number of nitrogens with zero attached hydrogens (tertiary/aromatic N) is 1. The second kappa shape index (κ2) is 19.8. The molecule has 36 heavy (non-hydrogen) atoms. The first-order valence-corrected chi connectivity index (χ1v) is 14.2. The van der Waals surface area contributed by atoms with Crippen molar-refractivity contribution in [1.29, 1.82) is 0 Å². The van der Waals surface area contributed by atoms with Gasteiger partial charge in [-0.2, -0.15) is 0 Å². The first-order chi connectivity index (χ1) is 17.4. The van der Waals surface area contributed by atoms with Crippen LogP contribution in [0.4, 0.5) is 0 Å². The lowest BCUT2D eigenvalue weighted by Gasteiger charge is -2.23. The third-order valence-electron chi connectivity index (χ3n) is 6.90. The van der Waals surface area contributed by atoms with Crippen molar-refractivity contribution >= 4 is 11.9 Å². The number of carboxylic acid groups (broad SMARTS) is 2. The summed E-state index contributed by atoms with van der Waals surface area (Å²) in [5.41, 5.74) is -0.949. The van der Waals surface area contributed by atoms with Crippen LogP contribution in [-0.2, 0) is 16.0 Å². The van der Waals surface area contributed by atoms with Crippen LogP contribution in [0.25, 0.3) is 0 Å². The van der Waals surface area contributed by atoms with Gasteiger partial charge in [0, 0.05) is 24.4 Å². The fourth-order valence-corrected chi connectivity index (χ4v) is 4.46. The number of allylic oxidation sites excluding steroid dienone is 2. The number of nitrogens with one attached hydrogen (secondary N) is 1. The van der Waals surface area contributed by atoms with E-state index in [9.17, 15) is 9.59 Å². The van der Waals surface area contributed by atoms with Gasteiger partial charge in [-0.05, 0) is 19.8 Å². The highest BCUT2D eigenvalue weighted by atomic mass is 16.4. The summed E-state index contributed by atoms with van der Waals surface area (Å²) in [6.07, 6.45) is 32.2. The zero-order valence-electron chi connectivity index (χ0n) is 22.8. The Labute approximate surface area is 218 Å². The van der Waals surface area contributed by atoms with Crippen molar-refractivity contribution in [3.05, 3.63) is 42.0 Å². The topological polar surface area (TPSA) is 103 Å². The van der Waals surface area contributed by atoms with Gasteiger partial charge in [-0.25, -0.2) is 9.78 Å². The zero-order chi connectivity index (χ0) is 26.5. The number of aliphatic carboxylic acids is 2. The van der Waals surface area contributed by atoms with E-state index in [0.717, 1.165) is 12.2 Å². The van der Waals surface area contributed by atoms with Crippen molar-refractivity contribution in [3.8, 4) is 0 Å². The second-order valence-corrected chi connectivity index (χ2v) is 10.3. The van der Waals surface area contributed by atoms with Gasteiger partial charge in [0.05, 0.1) is 5.41 Å². The van der Waals surface area contributed by atoms with Crippen LogP contribution in [0.5, 0.6) is 0 Å². The fourth-order valence-electron chi connectivity index (χ4n) is 4.46. The Balaban J connectivity index is 0.000000420. The molecule has 1 aromatic heterocycles. The van der Waals surface area contributed by atoms with Crippen LogP contribution >= 0.6 is 0 Å². The molecule has 1 aliphatic rings. The lowest BCUT2D eigenvalue weighted by molar-refractivity contribution is -0.145. The highest BCUT2D eigenvalue weighted by molar-refractivity contribution is 5.90. The molecule has 0 amide bonds. The molecule has 1 aliphatic carbocycles. The van der Waals surface area contributed by atoms with Gasteiger partial charge in [-0.1, -0.05) is 121 Å². The molecule has 0 spiro atoms. The van der Waals surface area contributed by atoms with E-state index in [1.807, 2.05) is 12.4 Å². The smallest absolute Gasteiger partial charge is 0.331 e. The Morgan fingerprint density at radius 2 is 1.36 bits per heavy atom. The molecule has 6 heteroatoms. The summed E-state index contributed by atoms with van der Waals surface area (Å²) in [7, 11) is 0. The summed E-state index contributed by atoms with van der Waals surface area (Å²) < 4.78 is 0. The molecule has 3 N–H and O–H groups in total. The molecule has 1 atom stereocenters. The number of hydrogen-bond acceptors (Lipinski definition) is 3. The number of unbranched alkanes of at least 4 members (excludes halogenated alkanes) is 15. The predicted octanol–water partition coefficient (Wildman–Crippen LogP) is 8.26. The lowest BCUT2D eigenvalue weighted by Crippen LogP contribution is -2.28. The van der Waals surface area contributed by atoms with E-state index in [0.29, 0.717) is 0 Å². The number of imidazole rings is 1. The molecule has 1 unspecified atom stereocenters. The van der Waals surface area contributed by atoms with Gasteiger partial charge in [0.2, 0.25) is 0 Å². The highest BCUT2D eigenvalue weighted by Crippen LogP contribution is 2.31. The molecule has 0 saturated carbocycles. The van der Waals surface area contributed by atoms with Crippen molar-refractivity contribution in [1.82, 2.24) is 9.97 Å². The number of hydrogen-bond donors (Lipinski definition) is 3. The summed E-state index contributed by atoms with van der Waals surface area (Å²) in [6, 6.07) is 0. The summed E-state index contributed by atoms with van der Waals surface area (Å²) in [6.45, 7) is 3.79. The van der Waals surface area contributed by atoms with Crippen LogP contribution in [0.2, 0.25) is 0 Å². The maximum absolute atomic E-state index is 10.8. The van der Waals surface area contributed by atoms with Gasteiger partial charge in [-0.3, -0.25) is 4.79 Å². The minimum atomic E-state index is -1.08. The third-order valence-corrected chi connectivity index (χ3v) is 6.90. The minimum absolute atomic E-state index is 0.0359. The molecule has 6 nitrogen and oxygen atoms in total. The monoisotopic (exact) mass is 502 g/mol. The van der Waals surface area contributed by atoms with E-state index in [1.54, 1.807) is 0 Å². The molecular formula is C30H50N2O4. The summed E-state index contributed by atoms with van der Waals surface area (Å²) in [4.78, 5) is 28.8. The molecule has 0 radical (unpaired) electrons. The van der Waals surface area contributed by atoms with Crippen LogP contribution in [0.3, 0.4) is 0 Å². The summed E-state index contributed by atoms with van der Waals surface area (Å²) >= 11 is 0. The Bertz CT molecular complexity index is 770. The number of carbonyl (C=O) groups is 2. The standard InChI is InChI=1S/C21H40N2.C9H10O4/c1-2-3-4-5-6-7-8-9-10-11-12-13-14-15-16-17-18-21-22-19-20-23-21;1-9(8(12)13)4-2-3-6(5-9)7(10)11/h19-20H,2-18H2,1H3,(H,22,23);2-4H,5H2,1H3,(H,10,11)(H,12,13). The molecule has 204 valence electrons. The SMILES string of the molecule is CC1(C(=O)O)C=CC=C(C(=O)O)C1.CCCCCCCCCCCCCCCCCCc1ncc[nH]1. The van der Waals surface area contributed by atoms with E-state index < -0.39 is 17.4 Å². The van der Waals surface area contributed by atoms with E-state index >= 15 is 0 Å². The third kappa shape index (κ3) is 14.9. The predicted molar refractivity (Wildman–Crippen MR) is 147 cm³/mol. The van der Waals surface area contributed by atoms with Crippen molar-refractivity contribution in [2.75, 3.05) is 0 Å². The molecule has 0 saturated heterocycles. The quantitative estimate of drug-likeness (QED) is 0.165. The Morgan fingerprint density at radius 1 is 0.861 bits per heavy atom. The van der Waals surface area contributed by atoms with E-state index in [-0.39, 0.29) is 12.0 Å². The van der Waals surface area contributed by atoms with Crippen LogP contribution in [0, 0.1) is 5.41 Å². The largest absolute Gasteiger partial charge is 0.481 e. The molecule has 1 heterocycles. The molecule has 0 aliphatic heterocycles. The zero-order valence-corrected chi connectivity index (χ0v) is 22.8. The van der Waals surface area contributed by atoms with Crippen LogP contribution in [0.1, 0.15) is 129 Å². The molecule has 0 aromatic carbocycles. The lowest BCUT2D eigenvalue weighted by atomic mass is 9.80. The average Bonchev–Trinajstić information content (AvgIpc) is 3.38. The summed E-state index contributed by atoms with van der Waals surface area (Å²) in [5.74, 6) is -0.914. The van der Waals surface area contributed by atoms with Crippen molar-refractivity contribution < 1.29 is 19.8 Å². The number of carboxylic acids is 2. The Kier molecular flexibility index (Phi) is 17.4. The normalized spacial score (nSPS) is 16.8. The van der Waals surface area contributed by atoms with Crippen LogP contribution < -0.4 is 0 Å². The average molecular weight is 503 g/mol. The number of rotatable bonds is 19. The van der Waals surface area contributed by atoms with Gasteiger partial charge in [0.15, 0.2) is 0 Å². The molecule has 1 aromatic rings. The van der Waals surface area contributed by atoms with Gasteiger partial charge < -0.3 is 15.2 Å². The van der Waals surface area contributed by atoms with Gasteiger partial charge in [0.25, 0.3) is 0 Å². The van der Waals surface area contributed by atoms with E-state index in [1.165, 1.54) is 128 Å². The van der Waals surface area contributed by atoms with Crippen molar-refractivity contribution in [2.24, 2.45) is 5.41 Å². The second-order valence-electron chi connectivity index (χ2n) is 10.3. The van der Waals surface area contributed by atoms with Crippen LogP contribution in [-0.4, -0.2) is 32.1 Å². The molecule has 0 bridgehead atoms. The maximum atomic E-state index is 10.8. The van der Waals surface area contributed by atoms with Crippen molar-refractivity contribution in [3.63, 3.8) is 0 Å². The maximum Gasteiger partial charge on any atom is 0.331 e. The summed E-state index contributed by atoms with van der Waals surface area (Å²) in [5, 5.41) is 17.5. The highest BCUT2D eigenvalue weighted by Gasteiger charge is 2.34. The molecule has 0 fully saturated rings. The number of aryl methyl sites for hydroxylation is 1.